The summed E-state index contributed by atoms with van der Waals surface area (Å²) < 4.78 is 0. The van der Waals surface area contributed by atoms with Crippen LogP contribution in [-0.2, 0) is 0 Å². The van der Waals surface area contributed by atoms with Crippen LogP contribution in [0.15, 0.2) is 36.7 Å². The third-order valence-corrected chi connectivity index (χ3v) is 3.52. The lowest BCUT2D eigenvalue weighted by Gasteiger charge is -2.18. The summed E-state index contributed by atoms with van der Waals surface area (Å²) in [7, 11) is 0. The normalized spacial score (nSPS) is 10.6. The number of halogens is 1. The van der Waals surface area contributed by atoms with Crippen LogP contribution in [0.2, 0.25) is 0 Å². The largest absolute Gasteiger partial charge is 0.385 e. The molecule has 3 nitrogen and oxygen atoms in total. The van der Waals surface area contributed by atoms with Gasteiger partial charge in [-0.3, -0.25) is 4.98 Å². The molecule has 0 aliphatic heterocycles. The van der Waals surface area contributed by atoms with Crippen molar-refractivity contribution in [2.75, 3.05) is 31.5 Å². The van der Waals surface area contributed by atoms with E-state index in [0.717, 1.165) is 26.2 Å². The van der Waals surface area contributed by atoms with E-state index in [9.17, 15) is 0 Å². The molecular formula is C16H24ClN3. The fourth-order valence-electron chi connectivity index (χ4n) is 2.27. The molecule has 0 aliphatic rings. The topological polar surface area (TPSA) is 28.2 Å². The fraction of sp³-hybridized carbons (Fsp3) is 0.438. The number of rotatable bonds is 7. The molecule has 1 N–H and O–H groups in total. The zero-order chi connectivity index (χ0) is 13.5. The van der Waals surface area contributed by atoms with Gasteiger partial charge in [-0.25, -0.2) is 0 Å². The molecule has 2 rings (SSSR count). The number of hydrogen-bond donors (Lipinski definition) is 1. The number of anilines is 1. The van der Waals surface area contributed by atoms with Gasteiger partial charge in [0.2, 0.25) is 0 Å². The van der Waals surface area contributed by atoms with E-state index in [-0.39, 0.29) is 12.4 Å². The molecule has 0 bridgehead atoms. The lowest BCUT2D eigenvalue weighted by Crippen LogP contribution is -2.25. The highest BCUT2D eigenvalue weighted by Crippen LogP contribution is 2.17. The van der Waals surface area contributed by atoms with Gasteiger partial charge in [0.25, 0.3) is 0 Å². The first-order valence-electron chi connectivity index (χ1n) is 7.13. The van der Waals surface area contributed by atoms with Crippen molar-refractivity contribution >= 4 is 28.9 Å². The van der Waals surface area contributed by atoms with E-state index in [1.54, 1.807) is 0 Å². The molecular weight excluding hydrogens is 270 g/mol. The Morgan fingerprint density at radius 2 is 1.90 bits per heavy atom. The average Bonchev–Trinajstić information content (AvgIpc) is 2.47. The highest BCUT2D eigenvalue weighted by Gasteiger charge is 1.99. The monoisotopic (exact) mass is 293 g/mol. The zero-order valence-electron chi connectivity index (χ0n) is 12.3. The summed E-state index contributed by atoms with van der Waals surface area (Å²) in [6.45, 7) is 8.88. The lowest BCUT2D eigenvalue weighted by molar-refractivity contribution is 0.303. The number of pyridine rings is 1. The predicted molar refractivity (Wildman–Crippen MR) is 89.9 cm³/mol. The van der Waals surface area contributed by atoms with Crippen molar-refractivity contribution in [1.82, 2.24) is 9.88 Å². The number of fused-ring (bicyclic) bond motifs is 1. The minimum atomic E-state index is 0. The molecule has 0 unspecified atom stereocenters. The number of nitrogens with one attached hydrogen (secondary N) is 1. The standard InChI is InChI=1S/C16H23N3.ClH/c1-3-19(4-2)11-5-9-18-16-7-6-14-8-10-17-13-15(14)12-16;/h6-8,10,12-13,18H,3-5,9,11H2,1-2H3;1H. The first-order chi connectivity index (χ1) is 9.33. The molecule has 1 aromatic heterocycles. The van der Waals surface area contributed by atoms with Gasteiger partial charge in [-0.2, -0.15) is 0 Å². The molecule has 0 spiro atoms. The minimum Gasteiger partial charge on any atom is -0.385 e. The molecule has 4 heteroatoms. The Balaban J connectivity index is 0.00000200. The van der Waals surface area contributed by atoms with Crippen molar-refractivity contribution in [2.45, 2.75) is 20.3 Å². The highest BCUT2D eigenvalue weighted by molar-refractivity contribution is 5.85. The van der Waals surface area contributed by atoms with Crippen molar-refractivity contribution in [1.29, 1.82) is 0 Å². The number of nitrogens with zero attached hydrogens (tertiary/aromatic N) is 2. The Hall–Kier alpha value is -1.32. The summed E-state index contributed by atoms with van der Waals surface area (Å²) >= 11 is 0. The Morgan fingerprint density at radius 1 is 1.10 bits per heavy atom. The maximum absolute atomic E-state index is 4.16. The van der Waals surface area contributed by atoms with Crippen LogP contribution in [0.4, 0.5) is 5.69 Å². The Morgan fingerprint density at radius 3 is 2.65 bits per heavy atom. The molecule has 20 heavy (non-hydrogen) atoms. The number of hydrogen-bond acceptors (Lipinski definition) is 3. The summed E-state index contributed by atoms with van der Waals surface area (Å²) in [5.74, 6) is 0. The third-order valence-electron chi connectivity index (χ3n) is 3.52. The van der Waals surface area contributed by atoms with Crippen molar-refractivity contribution in [3.63, 3.8) is 0 Å². The van der Waals surface area contributed by atoms with Crippen LogP contribution in [-0.4, -0.2) is 36.1 Å². The quantitative estimate of drug-likeness (QED) is 0.787. The van der Waals surface area contributed by atoms with Gasteiger partial charge in [0.15, 0.2) is 0 Å². The van der Waals surface area contributed by atoms with Crippen LogP contribution in [0.5, 0.6) is 0 Å². The molecule has 2 aromatic rings. The minimum absolute atomic E-state index is 0. The van der Waals surface area contributed by atoms with Gasteiger partial charge < -0.3 is 10.2 Å². The number of aromatic nitrogens is 1. The van der Waals surface area contributed by atoms with E-state index < -0.39 is 0 Å². The van der Waals surface area contributed by atoms with Crippen LogP contribution in [0.25, 0.3) is 10.8 Å². The average molecular weight is 294 g/mol. The van der Waals surface area contributed by atoms with Crippen LogP contribution in [0.3, 0.4) is 0 Å². The molecule has 110 valence electrons. The Labute approximate surface area is 127 Å². The van der Waals surface area contributed by atoms with Crippen LogP contribution < -0.4 is 5.32 Å². The molecule has 0 saturated carbocycles. The maximum atomic E-state index is 4.16. The summed E-state index contributed by atoms with van der Waals surface area (Å²) in [4.78, 5) is 6.61. The molecule has 1 aromatic carbocycles. The van der Waals surface area contributed by atoms with E-state index in [1.807, 2.05) is 18.5 Å². The zero-order valence-corrected chi connectivity index (χ0v) is 13.1. The first kappa shape index (κ1) is 16.7. The van der Waals surface area contributed by atoms with Gasteiger partial charge in [0.05, 0.1) is 0 Å². The molecule has 0 amide bonds. The maximum Gasteiger partial charge on any atom is 0.0347 e. The van der Waals surface area contributed by atoms with Crippen molar-refractivity contribution < 1.29 is 0 Å². The first-order valence-corrected chi connectivity index (χ1v) is 7.13. The van der Waals surface area contributed by atoms with Gasteiger partial charge in [-0.05, 0) is 49.6 Å². The second kappa shape index (κ2) is 8.77. The van der Waals surface area contributed by atoms with Crippen LogP contribution in [0, 0.1) is 0 Å². The Bertz CT molecular complexity index is 512. The summed E-state index contributed by atoms with van der Waals surface area (Å²) in [6.07, 6.45) is 4.92. The van der Waals surface area contributed by atoms with Crippen molar-refractivity contribution in [2.24, 2.45) is 0 Å². The summed E-state index contributed by atoms with van der Waals surface area (Å²) in [5, 5.41) is 5.92. The van der Waals surface area contributed by atoms with Gasteiger partial charge in [-0.1, -0.05) is 19.9 Å². The molecule has 0 radical (unpaired) electrons. The Kier molecular flexibility index (Phi) is 7.34. The van der Waals surface area contributed by atoms with Crippen molar-refractivity contribution in [3.8, 4) is 0 Å². The molecule has 0 atom stereocenters. The fourth-order valence-corrected chi connectivity index (χ4v) is 2.27. The summed E-state index contributed by atoms with van der Waals surface area (Å²) in [6, 6.07) is 8.49. The molecule has 0 aliphatic carbocycles. The van der Waals surface area contributed by atoms with E-state index in [0.29, 0.717) is 0 Å². The van der Waals surface area contributed by atoms with Gasteiger partial charge in [-0.15, -0.1) is 12.4 Å². The van der Waals surface area contributed by atoms with E-state index in [2.05, 4.69) is 47.2 Å². The number of benzene rings is 1. The smallest absolute Gasteiger partial charge is 0.0347 e. The van der Waals surface area contributed by atoms with E-state index in [1.165, 1.54) is 22.9 Å². The van der Waals surface area contributed by atoms with Crippen molar-refractivity contribution in [3.05, 3.63) is 36.7 Å². The molecule has 0 fully saturated rings. The second-order valence-electron chi connectivity index (χ2n) is 4.74. The second-order valence-corrected chi connectivity index (χ2v) is 4.74. The van der Waals surface area contributed by atoms with Crippen LogP contribution in [0.1, 0.15) is 20.3 Å². The molecule has 1 heterocycles. The van der Waals surface area contributed by atoms with Gasteiger partial charge >= 0.3 is 0 Å². The van der Waals surface area contributed by atoms with Gasteiger partial charge in [0, 0.05) is 30.0 Å². The van der Waals surface area contributed by atoms with Crippen LogP contribution >= 0.6 is 12.4 Å². The highest BCUT2D eigenvalue weighted by atomic mass is 35.5. The van der Waals surface area contributed by atoms with Gasteiger partial charge in [0.1, 0.15) is 0 Å². The lowest BCUT2D eigenvalue weighted by atomic mass is 10.1. The van der Waals surface area contributed by atoms with E-state index >= 15 is 0 Å². The summed E-state index contributed by atoms with van der Waals surface area (Å²) in [5.41, 5.74) is 1.18. The molecule has 0 saturated heterocycles. The predicted octanol–water partition coefficient (Wildman–Crippen LogP) is 3.80. The van der Waals surface area contributed by atoms with E-state index in [4.69, 9.17) is 0 Å². The third kappa shape index (κ3) is 4.66. The SMILES string of the molecule is CCN(CC)CCCNc1ccc2ccncc2c1.Cl.